The van der Waals surface area contributed by atoms with Crippen molar-refractivity contribution in [2.45, 2.75) is 24.2 Å². The van der Waals surface area contributed by atoms with Crippen molar-refractivity contribution in [3.8, 4) is 6.07 Å². The van der Waals surface area contributed by atoms with Gasteiger partial charge in [0, 0.05) is 27.8 Å². The largest absolute Gasteiger partial charge is 0.456 e. The number of hydrogen-bond donors (Lipinski definition) is 0. The van der Waals surface area contributed by atoms with Crippen molar-refractivity contribution >= 4 is 34.0 Å². The van der Waals surface area contributed by atoms with Crippen molar-refractivity contribution < 1.29 is 9.53 Å². The van der Waals surface area contributed by atoms with Gasteiger partial charge in [-0.05, 0) is 36.8 Å². The predicted molar refractivity (Wildman–Crippen MR) is 120 cm³/mol. The van der Waals surface area contributed by atoms with Gasteiger partial charge in [0.15, 0.2) is 4.96 Å². The molecule has 6 nitrogen and oxygen atoms in total. The van der Waals surface area contributed by atoms with Crippen LogP contribution in [-0.2, 0) is 17.1 Å². The van der Waals surface area contributed by atoms with Crippen LogP contribution in [0.2, 0.25) is 0 Å². The number of fused-ring (bicyclic) bond motifs is 1. The van der Waals surface area contributed by atoms with Crippen LogP contribution in [-0.4, -0.2) is 15.4 Å². The monoisotopic (exact) mass is 447 g/mol. The van der Waals surface area contributed by atoms with E-state index in [1.807, 2.05) is 36.6 Å². The van der Waals surface area contributed by atoms with E-state index < -0.39 is 5.97 Å². The predicted octanol–water partition coefficient (Wildman–Crippen LogP) is 4.59. The van der Waals surface area contributed by atoms with Crippen LogP contribution in [0.5, 0.6) is 0 Å². The molecule has 0 fully saturated rings. The number of hydrogen-bond acceptors (Lipinski definition) is 7. The third-order valence-corrected chi connectivity index (χ3v) is 6.65. The van der Waals surface area contributed by atoms with Gasteiger partial charge in [0.2, 0.25) is 0 Å². The smallest absolute Gasteiger partial charge is 0.339 e. The van der Waals surface area contributed by atoms with E-state index in [0.29, 0.717) is 27.5 Å². The lowest BCUT2D eigenvalue weighted by Crippen LogP contribution is -2.16. The van der Waals surface area contributed by atoms with Crippen LogP contribution in [0, 0.1) is 18.3 Å². The Bertz CT molecular complexity index is 1350. The minimum atomic E-state index is -0.465. The molecular formula is C23H17N3O3S2. The standard InChI is InChI=1S/C23H17N3O3S2/c1-15-13-31-23-25-18(10-21(27)26(15)23)12-29-22(28)19-4-2-3-5-20(19)30-14-17-8-6-16(11-24)7-9-17/h2-10,13H,12,14H2,1H3. The Hall–Kier alpha value is -3.41. The lowest BCUT2D eigenvalue weighted by atomic mass is 10.2. The molecule has 0 radical (unpaired) electrons. The number of nitrogens with zero attached hydrogens (tertiary/aromatic N) is 3. The average Bonchev–Trinajstić information content (AvgIpc) is 3.17. The molecule has 0 amide bonds. The van der Waals surface area contributed by atoms with Crippen molar-refractivity contribution in [2.75, 3.05) is 0 Å². The van der Waals surface area contributed by atoms with E-state index >= 15 is 0 Å². The molecule has 2 heterocycles. The highest BCUT2D eigenvalue weighted by molar-refractivity contribution is 7.98. The second-order valence-corrected chi connectivity index (χ2v) is 8.60. The maximum Gasteiger partial charge on any atom is 0.339 e. The Kier molecular flexibility index (Phi) is 6.16. The minimum absolute atomic E-state index is 0.0733. The first kappa shape index (κ1) is 20.8. The first-order valence-corrected chi connectivity index (χ1v) is 11.3. The molecule has 31 heavy (non-hydrogen) atoms. The van der Waals surface area contributed by atoms with Gasteiger partial charge in [-0.2, -0.15) is 5.26 Å². The summed E-state index contributed by atoms with van der Waals surface area (Å²) in [7, 11) is 0. The average molecular weight is 448 g/mol. The molecule has 0 aliphatic heterocycles. The summed E-state index contributed by atoms with van der Waals surface area (Å²) in [4.78, 5) is 30.8. The SMILES string of the molecule is Cc1csc2nc(COC(=O)c3ccccc3SCc3ccc(C#N)cc3)cc(=O)n12. The Morgan fingerprint density at radius 2 is 2.00 bits per heavy atom. The lowest BCUT2D eigenvalue weighted by Gasteiger charge is -2.09. The molecule has 0 spiro atoms. The molecule has 0 saturated heterocycles. The van der Waals surface area contributed by atoms with Crippen LogP contribution >= 0.6 is 23.1 Å². The second-order valence-electron chi connectivity index (χ2n) is 6.75. The quantitative estimate of drug-likeness (QED) is 0.318. The lowest BCUT2D eigenvalue weighted by molar-refractivity contribution is 0.0463. The van der Waals surface area contributed by atoms with Crippen molar-refractivity contribution in [1.82, 2.24) is 9.38 Å². The van der Waals surface area contributed by atoms with Gasteiger partial charge in [-0.3, -0.25) is 9.20 Å². The molecule has 0 aliphatic rings. The van der Waals surface area contributed by atoms with Gasteiger partial charge < -0.3 is 4.74 Å². The third kappa shape index (κ3) is 4.68. The molecule has 8 heteroatoms. The zero-order chi connectivity index (χ0) is 21.8. The van der Waals surface area contributed by atoms with Crippen molar-refractivity contribution in [3.05, 3.63) is 98.4 Å². The fraction of sp³-hybridized carbons (Fsp3) is 0.130. The van der Waals surface area contributed by atoms with Gasteiger partial charge in [0.1, 0.15) is 6.61 Å². The summed E-state index contributed by atoms with van der Waals surface area (Å²) in [6.07, 6.45) is 0. The topological polar surface area (TPSA) is 84.5 Å². The molecule has 4 aromatic rings. The highest BCUT2D eigenvalue weighted by Crippen LogP contribution is 2.27. The normalized spacial score (nSPS) is 10.7. The number of carbonyl (C=O) groups is 1. The van der Waals surface area contributed by atoms with Gasteiger partial charge in [0.25, 0.3) is 5.56 Å². The molecule has 2 aromatic carbocycles. The highest BCUT2D eigenvalue weighted by atomic mass is 32.2. The first-order valence-electron chi connectivity index (χ1n) is 9.40. The Balaban J connectivity index is 1.45. The van der Waals surface area contributed by atoms with Gasteiger partial charge >= 0.3 is 5.97 Å². The number of nitriles is 1. The number of carbonyl (C=O) groups excluding carboxylic acids is 1. The first-order chi connectivity index (χ1) is 15.0. The molecule has 154 valence electrons. The van der Waals surface area contributed by atoms with Crippen LogP contribution in [0.15, 0.2) is 69.7 Å². The number of rotatable bonds is 6. The van der Waals surface area contributed by atoms with Crippen molar-refractivity contribution in [2.24, 2.45) is 0 Å². The highest BCUT2D eigenvalue weighted by Gasteiger charge is 2.14. The number of esters is 1. The summed E-state index contributed by atoms with van der Waals surface area (Å²) in [5, 5.41) is 10.8. The van der Waals surface area contributed by atoms with Gasteiger partial charge in [-0.1, -0.05) is 24.3 Å². The van der Waals surface area contributed by atoms with Crippen LogP contribution in [0.4, 0.5) is 0 Å². The van der Waals surface area contributed by atoms with E-state index in [2.05, 4.69) is 11.1 Å². The summed E-state index contributed by atoms with van der Waals surface area (Å²) in [5.41, 5.74) is 3.19. The molecule has 2 aromatic heterocycles. The van der Waals surface area contributed by atoms with Crippen LogP contribution in [0.25, 0.3) is 4.96 Å². The minimum Gasteiger partial charge on any atom is -0.456 e. The molecule has 0 aliphatic carbocycles. The molecule has 0 saturated carbocycles. The van der Waals surface area contributed by atoms with E-state index in [0.717, 1.165) is 16.2 Å². The zero-order valence-corrected chi connectivity index (χ0v) is 18.2. The number of benzene rings is 2. The fourth-order valence-corrected chi connectivity index (χ4v) is 4.88. The molecule has 0 atom stereocenters. The van der Waals surface area contributed by atoms with E-state index in [9.17, 15) is 9.59 Å². The fourth-order valence-electron chi connectivity index (χ4n) is 2.99. The number of thiazole rings is 1. The third-order valence-electron chi connectivity index (χ3n) is 4.56. The van der Waals surface area contributed by atoms with E-state index in [4.69, 9.17) is 10.00 Å². The Labute approximate surface area is 186 Å². The van der Waals surface area contributed by atoms with E-state index in [1.165, 1.54) is 33.6 Å². The Morgan fingerprint density at radius 1 is 1.23 bits per heavy atom. The molecular weight excluding hydrogens is 430 g/mol. The van der Waals surface area contributed by atoms with E-state index in [-0.39, 0.29) is 12.2 Å². The summed E-state index contributed by atoms with van der Waals surface area (Å²) < 4.78 is 6.99. The van der Waals surface area contributed by atoms with Crippen LogP contribution < -0.4 is 5.56 Å². The summed E-state index contributed by atoms with van der Waals surface area (Å²) >= 11 is 2.89. The summed E-state index contributed by atoms with van der Waals surface area (Å²) in [6.45, 7) is 1.77. The molecule has 4 rings (SSSR count). The second kappa shape index (κ2) is 9.16. The molecule has 0 N–H and O–H groups in total. The van der Waals surface area contributed by atoms with Gasteiger partial charge in [-0.25, -0.2) is 9.78 Å². The zero-order valence-electron chi connectivity index (χ0n) is 16.6. The summed E-state index contributed by atoms with van der Waals surface area (Å²) in [5.74, 6) is 0.190. The molecule has 0 unspecified atom stereocenters. The van der Waals surface area contributed by atoms with Crippen molar-refractivity contribution in [3.63, 3.8) is 0 Å². The number of thioether (sulfide) groups is 1. The number of ether oxygens (including phenoxy) is 1. The van der Waals surface area contributed by atoms with Crippen molar-refractivity contribution in [1.29, 1.82) is 5.26 Å². The van der Waals surface area contributed by atoms with Crippen LogP contribution in [0.3, 0.4) is 0 Å². The Morgan fingerprint density at radius 3 is 2.77 bits per heavy atom. The molecule has 0 bridgehead atoms. The van der Waals surface area contributed by atoms with Gasteiger partial charge in [-0.15, -0.1) is 23.1 Å². The number of aromatic nitrogens is 2. The maximum atomic E-state index is 12.7. The van der Waals surface area contributed by atoms with Gasteiger partial charge in [0.05, 0.1) is 22.9 Å². The van der Waals surface area contributed by atoms with E-state index in [1.54, 1.807) is 24.3 Å². The summed E-state index contributed by atoms with van der Waals surface area (Å²) in [6, 6.07) is 18.1. The van der Waals surface area contributed by atoms with Crippen LogP contribution in [0.1, 0.15) is 32.9 Å². The number of aryl methyl sites for hydroxylation is 1. The maximum absolute atomic E-state index is 12.7.